The van der Waals surface area contributed by atoms with E-state index in [1.165, 1.54) is 28.7 Å². The highest BCUT2D eigenvalue weighted by atomic mass is 32.2. The largest absolute Gasteiger partial charge is 0.339 e. The predicted molar refractivity (Wildman–Crippen MR) is 139 cm³/mol. The number of thiophene rings is 1. The first-order valence-electron chi connectivity index (χ1n) is 11.3. The van der Waals surface area contributed by atoms with Gasteiger partial charge in [-0.25, -0.2) is 4.98 Å². The summed E-state index contributed by atoms with van der Waals surface area (Å²) in [6.07, 6.45) is 0. The number of carbonyl (C=O) groups excluding carboxylic acids is 1. The number of hydrogen-bond acceptors (Lipinski definition) is 6. The molecular weight excluding hydrogens is 464 g/mol. The Hall–Kier alpha value is -2.94. The third-order valence-corrected chi connectivity index (χ3v) is 7.92. The number of rotatable bonds is 6. The van der Waals surface area contributed by atoms with Gasteiger partial charge in [-0.1, -0.05) is 60.3 Å². The molecule has 0 bridgehead atoms. The van der Waals surface area contributed by atoms with Gasteiger partial charge in [0.15, 0.2) is 5.16 Å². The number of carbonyl (C=O) groups is 1. The van der Waals surface area contributed by atoms with Gasteiger partial charge in [0.2, 0.25) is 5.91 Å². The normalized spacial score (nSPS) is 14.6. The summed E-state index contributed by atoms with van der Waals surface area (Å²) < 4.78 is 2.29. The molecule has 0 radical (unpaired) electrons. The van der Waals surface area contributed by atoms with E-state index >= 15 is 0 Å². The average Bonchev–Trinajstić information content (AvgIpc) is 3.34. The van der Waals surface area contributed by atoms with Gasteiger partial charge in [-0.15, -0.1) is 11.3 Å². The van der Waals surface area contributed by atoms with E-state index in [2.05, 4.69) is 29.2 Å². The van der Waals surface area contributed by atoms with Gasteiger partial charge >= 0.3 is 0 Å². The molecule has 0 saturated carbocycles. The van der Waals surface area contributed by atoms with Crippen molar-refractivity contribution in [1.82, 2.24) is 19.4 Å². The van der Waals surface area contributed by atoms with E-state index in [-0.39, 0.29) is 17.2 Å². The molecule has 174 valence electrons. The van der Waals surface area contributed by atoms with Crippen molar-refractivity contribution in [3.63, 3.8) is 0 Å². The number of aryl methyl sites for hydroxylation is 1. The molecule has 0 N–H and O–H groups in total. The van der Waals surface area contributed by atoms with Gasteiger partial charge in [0, 0.05) is 32.7 Å². The van der Waals surface area contributed by atoms with Crippen molar-refractivity contribution < 1.29 is 4.79 Å². The molecule has 34 heavy (non-hydrogen) atoms. The van der Waals surface area contributed by atoms with Crippen LogP contribution in [0.15, 0.2) is 76.0 Å². The van der Waals surface area contributed by atoms with Crippen LogP contribution in [0.4, 0.5) is 0 Å². The summed E-state index contributed by atoms with van der Waals surface area (Å²) in [5.74, 6) is 0.340. The minimum Gasteiger partial charge on any atom is -0.339 e. The highest BCUT2D eigenvalue weighted by molar-refractivity contribution is 7.99. The molecule has 0 aliphatic carbocycles. The molecule has 5 rings (SSSR count). The second kappa shape index (κ2) is 10.1. The summed E-state index contributed by atoms with van der Waals surface area (Å²) >= 11 is 2.74. The number of nitrogens with zero attached hydrogens (tertiary/aromatic N) is 4. The number of fused-ring (bicyclic) bond motifs is 1. The smallest absolute Gasteiger partial charge is 0.276 e. The van der Waals surface area contributed by atoms with E-state index in [4.69, 9.17) is 4.98 Å². The molecule has 0 spiro atoms. The SMILES string of the molecule is Cc1ccccc1-n1c(SCC(=O)N2CCN(Cc3ccccc3)CC2)nc2ccsc2c1=O. The Labute approximate surface area is 206 Å². The molecule has 0 atom stereocenters. The number of piperazine rings is 1. The molecular formula is C26H26N4O2S2. The molecule has 4 aromatic rings. The van der Waals surface area contributed by atoms with Crippen LogP contribution in [-0.4, -0.2) is 57.2 Å². The second-order valence-corrected chi connectivity index (χ2v) is 10.2. The number of benzene rings is 2. The molecule has 1 aliphatic heterocycles. The summed E-state index contributed by atoms with van der Waals surface area (Å²) in [4.78, 5) is 35.4. The highest BCUT2D eigenvalue weighted by Crippen LogP contribution is 2.25. The first kappa shape index (κ1) is 22.8. The average molecular weight is 491 g/mol. The van der Waals surface area contributed by atoms with Gasteiger partial charge in [-0.2, -0.15) is 0 Å². The summed E-state index contributed by atoms with van der Waals surface area (Å²) in [6, 6.07) is 20.1. The lowest BCUT2D eigenvalue weighted by atomic mass is 10.2. The van der Waals surface area contributed by atoms with E-state index in [0.717, 1.165) is 30.9 Å². The summed E-state index contributed by atoms with van der Waals surface area (Å²) in [7, 11) is 0. The Bertz CT molecular complexity index is 1360. The predicted octanol–water partition coefficient (Wildman–Crippen LogP) is 4.19. The number of thioether (sulfide) groups is 1. The lowest BCUT2D eigenvalue weighted by molar-refractivity contribution is -0.130. The summed E-state index contributed by atoms with van der Waals surface area (Å²) in [5, 5.41) is 2.44. The fourth-order valence-corrected chi connectivity index (χ4v) is 5.90. The van der Waals surface area contributed by atoms with Crippen molar-refractivity contribution in [2.24, 2.45) is 0 Å². The Morgan fingerprint density at radius 1 is 1.00 bits per heavy atom. The Balaban J connectivity index is 1.29. The Morgan fingerprint density at radius 3 is 2.50 bits per heavy atom. The fraction of sp³-hybridized carbons (Fsp3) is 0.269. The van der Waals surface area contributed by atoms with Crippen LogP contribution in [-0.2, 0) is 11.3 Å². The van der Waals surface area contributed by atoms with Gasteiger partial charge < -0.3 is 4.90 Å². The van der Waals surface area contributed by atoms with E-state index in [1.807, 2.05) is 53.6 Å². The molecule has 6 nitrogen and oxygen atoms in total. The maximum atomic E-state index is 13.3. The molecule has 1 saturated heterocycles. The van der Waals surface area contributed by atoms with Crippen molar-refractivity contribution in [2.75, 3.05) is 31.9 Å². The van der Waals surface area contributed by atoms with Crippen molar-refractivity contribution in [3.05, 3.63) is 87.5 Å². The van der Waals surface area contributed by atoms with Gasteiger partial charge in [0.1, 0.15) is 4.70 Å². The molecule has 2 aromatic heterocycles. The quantitative estimate of drug-likeness (QED) is 0.300. The van der Waals surface area contributed by atoms with Crippen LogP contribution in [0.2, 0.25) is 0 Å². The van der Waals surface area contributed by atoms with Crippen molar-refractivity contribution in [1.29, 1.82) is 0 Å². The van der Waals surface area contributed by atoms with Crippen LogP contribution < -0.4 is 5.56 Å². The van der Waals surface area contributed by atoms with Crippen LogP contribution in [0, 0.1) is 6.92 Å². The zero-order valence-corrected chi connectivity index (χ0v) is 20.6. The third-order valence-electron chi connectivity index (χ3n) is 6.10. The maximum Gasteiger partial charge on any atom is 0.276 e. The summed E-state index contributed by atoms with van der Waals surface area (Å²) in [5.41, 5.74) is 3.69. The lowest BCUT2D eigenvalue weighted by Gasteiger charge is -2.34. The van der Waals surface area contributed by atoms with Crippen LogP contribution in [0.1, 0.15) is 11.1 Å². The zero-order valence-electron chi connectivity index (χ0n) is 19.0. The Kier molecular flexibility index (Phi) is 6.80. The maximum absolute atomic E-state index is 13.3. The van der Waals surface area contributed by atoms with Gasteiger partial charge in [-0.3, -0.25) is 19.1 Å². The first-order valence-corrected chi connectivity index (χ1v) is 13.2. The van der Waals surface area contributed by atoms with Crippen LogP contribution in [0.25, 0.3) is 15.9 Å². The first-order chi connectivity index (χ1) is 16.6. The number of amides is 1. The van der Waals surface area contributed by atoms with Crippen LogP contribution in [0.3, 0.4) is 0 Å². The van der Waals surface area contributed by atoms with Gasteiger partial charge in [0.25, 0.3) is 5.56 Å². The molecule has 0 unspecified atom stereocenters. The van der Waals surface area contributed by atoms with E-state index in [0.29, 0.717) is 28.5 Å². The van der Waals surface area contributed by atoms with E-state index in [1.54, 1.807) is 4.57 Å². The van der Waals surface area contributed by atoms with Gasteiger partial charge in [-0.05, 0) is 35.6 Å². The fourth-order valence-electron chi connectivity index (χ4n) is 4.23. The lowest BCUT2D eigenvalue weighted by Crippen LogP contribution is -2.48. The van der Waals surface area contributed by atoms with Crippen molar-refractivity contribution >= 4 is 39.2 Å². The molecule has 1 aliphatic rings. The second-order valence-electron chi connectivity index (χ2n) is 8.39. The molecule has 3 heterocycles. The number of para-hydroxylation sites is 1. The zero-order chi connectivity index (χ0) is 23.5. The number of aromatic nitrogens is 2. The molecule has 1 amide bonds. The highest BCUT2D eigenvalue weighted by Gasteiger charge is 2.23. The molecule has 1 fully saturated rings. The standard InChI is InChI=1S/C26H26N4O2S2/c1-19-7-5-6-10-22(19)30-25(32)24-21(11-16-33-24)27-26(30)34-18-23(31)29-14-12-28(13-15-29)17-20-8-3-2-4-9-20/h2-11,16H,12-15,17-18H2,1H3. The monoisotopic (exact) mass is 490 g/mol. The topological polar surface area (TPSA) is 58.4 Å². The molecule has 8 heteroatoms. The van der Waals surface area contributed by atoms with E-state index < -0.39 is 0 Å². The minimum absolute atomic E-state index is 0.0837. The Morgan fingerprint density at radius 2 is 1.74 bits per heavy atom. The van der Waals surface area contributed by atoms with Crippen LogP contribution in [0.5, 0.6) is 0 Å². The van der Waals surface area contributed by atoms with E-state index in [9.17, 15) is 9.59 Å². The third kappa shape index (κ3) is 4.80. The van der Waals surface area contributed by atoms with Crippen molar-refractivity contribution in [3.8, 4) is 5.69 Å². The summed E-state index contributed by atoms with van der Waals surface area (Å²) in [6.45, 7) is 6.04. The molecule has 2 aromatic carbocycles. The van der Waals surface area contributed by atoms with Crippen LogP contribution >= 0.6 is 23.1 Å². The minimum atomic E-state index is -0.0845. The number of hydrogen-bond donors (Lipinski definition) is 0. The van der Waals surface area contributed by atoms with Crippen molar-refractivity contribution in [2.45, 2.75) is 18.6 Å². The van der Waals surface area contributed by atoms with Gasteiger partial charge in [0.05, 0.1) is 17.0 Å².